The number of pyridine rings is 2. The summed E-state index contributed by atoms with van der Waals surface area (Å²) < 4.78 is 13.1. The van der Waals surface area contributed by atoms with Gasteiger partial charge in [0.2, 0.25) is 0 Å². The highest BCUT2D eigenvalue weighted by atomic mass is 35.5. The lowest BCUT2D eigenvalue weighted by Gasteiger charge is -2.08. The molecule has 7 heteroatoms. The zero-order valence-corrected chi connectivity index (χ0v) is 13.8. The first-order valence-electron chi connectivity index (χ1n) is 7.47. The molecule has 2 heterocycles. The fraction of sp³-hybridized carbons (Fsp3) is 0.0556. The Morgan fingerprint density at radius 2 is 1.96 bits per heavy atom. The number of rotatable bonds is 5. The number of nitrogens with zero attached hydrogens (tertiary/aromatic N) is 2. The van der Waals surface area contributed by atoms with E-state index in [-0.39, 0.29) is 10.7 Å². The molecule has 3 rings (SSSR count). The average molecular weight is 357 g/mol. The van der Waals surface area contributed by atoms with Crippen LogP contribution in [-0.4, -0.2) is 15.9 Å². The number of carbonyl (C=O) groups excluding carboxylic acids is 1. The molecule has 0 aliphatic rings. The van der Waals surface area contributed by atoms with Gasteiger partial charge in [0.15, 0.2) is 0 Å². The van der Waals surface area contributed by atoms with Crippen molar-refractivity contribution in [2.75, 3.05) is 10.6 Å². The lowest BCUT2D eigenvalue weighted by molar-refractivity contribution is 0.102. The lowest BCUT2D eigenvalue weighted by atomic mass is 10.2. The Bertz CT molecular complexity index is 872. The molecule has 5 nitrogen and oxygen atoms in total. The maximum Gasteiger partial charge on any atom is 0.274 e. The molecule has 25 heavy (non-hydrogen) atoms. The molecule has 0 unspecified atom stereocenters. The predicted octanol–water partition coefficient (Wildman–Crippen LogP) is 4.13. The molecule has 0 bridgehead atoms. The Morgan fingerprint density at radius 1 is 1.12 bits per heavy atom. The number of amides is 1. The topological polar surface area (TPSA) is 66.9 Å². The van der Waals surface area contributed by atoms with E-state index in [4.69, 9.17) is 11.6 Å². The van der Waals surface area contributed by atoms with Crippen molar-refractivity contribution in [3.8, 4) is 0 Å². The van der Waals surface area contributed by atoms with Crippen LogP contribution in [0.3, 0.4) is 0 Å². The van der Waals surface area contributed by atoms with Gasteiger partial charge in [0, 0.05) is 24.6 Å². The Labute approximate surface area is 148 Å². The number of hydrogen-bond acceptors (Lipinski definition) is 4. The number of hydrogen-bond donors (Lipinski definition) is 2. The van der Waals surface area contributed by atoms with E-state index in [0.717, 1.165) is 11.3 Å². The van der Waals surface area contributed by atoms with Crippen molar-refractivity contribution in [1.82, 2.24) is 9.97 Å². The molecule has 0 spiro atoms. The summed E-state index contributed by atoms with van der Waals surface area (Å²) in [4.78, 5) is 20.3. The van der Waals surface area contributed by atoms with Gasteiger partial charge in [-0.2, -0.15) is 0 Å². The van der Waals surface area contributed by atoms with Gasteiger partial charge < -0.3 is 10.6 Å². The molecular formula is C18H14ClFN4O. The second-order valence-electron chi connectivity index (χ2n) is 5.23. The summed E-state index contributed by atoms with van der Waals surface area (Å²) in [5, 5.41) is 5.76. The summed E-state index contributed by atoms with van der Waals surface area (Å²) in [5.41, 5.74) is 2.46. The molecule has 0 aliphatic heterocycles. The number of halogens is 2. The van der Waals surface area contributed by atoms with Crippen molar-refractivity contribution >= 4 is 28.9 Å². The first-order chi connectivity index (χ1) is 12.1. The third-order valence-electron chi connectivity index (χ3n) is 3.39. The van der Waals surface area contributed by atoms with Crippen LogP contribution in [0, 0.1) is 5.82 Å². The summed E-state index contributed by atoms with van der Waals surface area (Å²) in [6.45, 7) is 0.606. The van der Waals surface area contributed by atoms with E-state index in [0.29, 0.717) is 12.2 Å². The van der Waals surface area contributed by atoms with Crippen molar-refractivity contribution in [2.45, 2.75) is 6.54 Å². The van der Waals surface area contributed by atoms with E-state index in [2.05, 4.69) is 20.6 Å². The number of nitrogens with one attached hydrogen (secondary N) is 2. The van der Waals surface area contributed by atoms with E-state index in [9.17, 15) is 9.18 Å². The number of carbonyl (C=O) groups is 1. The highest BCUT2D eigenvalue weighted by Gasteiger charge is 2.09. The minimum absolute atomic E-state index is 0.0549. The first kappa shape index (κ1) is 16.9. The summed E-state index contributed by atoms with van der Waals surface area (Å²) in [5.74, 6) is -0.941. The zero-order valence-electron chi connectivity index (χ0n) is 13.0. The molecule has 0 saturated carbocycles. The Hall–Kier alpha value is -2.99. The summed E-state index contributed by atoms with van der Waals surface area (Å²) >= 11 is 5.69. The van der Waals surface area contributed by atoms with E-state index >= 15 is 0 Å². The maximum absolute atomic E-state index is 13.1. The molecule has 1 aromatic carbocycles. The van der Waals surface area contributed by atoms with Gasteiger partial charge >= 0.3 is 0 Å². The zero-order chi connectivity index (χ0) is 17.6. The predicted molar refractivity (Wildman–Crippen MR) is 95.2 cm³/mol. The van der Waals surface area contributed by atoms with Gasteiger partial charge in [0.05, 0.1) is 16.9 Å². The Kier molecular flexibility index (Phi) is 5.20. The van der Waals surface area contributed by atoms with Gasteiger partial charge in [-0.25, -0.2) is 9.37 Å². The fourth-order valence-electron chi connectivity index (χ4n) is 2.11. The van der Waals surface area contributed by atoms with Crippen LogP contribution < -0.4 is 10.6 Å². The smallest absolute Gasteiger partial charge is 0.274 e. The standard InChI is InChI=1S/C18H14ClFN4O/c19-15-8-13(3-5-16(15)20)24-18(25)17-6-4-14(11-23-17)22-10-12-2-1-7-21-9-12/h1-9,11,22H,10H2,(H,24,25). The largest absolute Gasteiger partial charge is 0.380 e. The van der Waals surface area contributed by atoms with Crippen molar-refractivity contribution in [3.05, 3.63) is 83.2 Å². The minimum atomic E-state index is -0.540. The van der Waals surface area contributed by atoms with Gasteiger partial charge in [-0.1, -0.05) is 17.7 Å². The number of anilines is 2. The molecule has 0 atom stereocenters. The number of benzene rings is 1. The van der Waals surface area contributed by atoms with Gasteiger partial charge in [0.1, 0.15) is 11.5 Å². The maximum atomic E-state index is 13.1. The Morgan fingerprint density at radius 3 is 2.64 bits per heavy atom. The van der Waals surface area contributed by atoms with Gasteiger partial charge in [-0.3, -0.25) is 9.78 Å². The van der Waals surface area contributed by atoms with E-state index in [1.807, 2.05) is 12.1 Å². The SMILES string of the molecule is O=C(Nc1ccc(F)c(Cl)c1)c1ccc(NCc2cccnc2)cn1. The van der Waals surface area contributed by atoms with Crippen molar-refractivity contribution in [3.63, 3.8) is 0 Å². The van der Waals surface area contributed by atoms with Crippen LogP contribution in [0.2, 0.25) is 5.02 Å². The second kappa shape index (κ2) is 7.72. The molecule has 126 valence electrons. The summed E-state index contributed by atoms with van der Waals surface area (Å²) in [6, 6.07) is 11.2. The molecule has 2 N–H and O–H groups in total. The molecule has 0 radical (unpaired) electrons. The third kappa shape index (κ3) is 4.51. The molecule has 3 aromatic rings. The fourth-order valence-corrected chi connectivity index (χ4v) is 2.29. The van der Waals surface area contributed by atoms with Gasteiger partial charge in [0.25, 0.3) is 5.91 Å². The van der Waals surface area contributed by atoms with Gasteiger partial charge in [-0.05, 0) is 42.0 Å². The van der Waals surface area contributed by atoms with Crippen LogP contribution in [0.4, 0.5) is 15.8 Å². The highest BCUT2D eigenvalue weighted by molar-refractivity contribution is 6.31. The third-order valence-corrected chi connectivity index (χ3v) is 3.68. The van der Waals surface area contributed by atoms with Crippen molar-refractivity contribution in [2.24, 2.45) is 0 Å². The Balaban J connectivity index is 1.61. The van der Waals surface area contributed by atoms with Crippen LogP contribution in [0.1, 0.15) is 16.1 Å². The monoisotopic (exact) mass is 356 g/mol. The molecule has 1 amide bonds. The van der Waals surface area contributed by atoms with Crippen LogP contribution in [0.25, 0.3) is 0 Å². The molecule has 0 aliphatic carbocycles. The molecule has 2 aromatic heterocycles. The summed E-state index contributed by atoms with van der Waals surface area (Å²) in [6.07, 6.45) is 5.06. The average Bonchev–Trinajstić information content (AvgIpc) is 2.64. The van der Waals surface area contributed by atoms with Crippen molar-refractivity contribution in [1.29, 1.82) is 0 Å². The summed E-state index contributed by atoms with van der Waals surface area (Å²) in [7, 11) is 0. The highest BCUT2D eigenvalue weighted by Crippen LogP contribution is 2.20. The van der Waals surface area contributed by atoms with Gasteiger partial charge in [-0.15, -0.1) is 0 Å². The van der Waals surface area contributed by atoms with Crippen LogP contribution in [-0.2, 0) is 6.54 Å². The van der Waals surface area contributed by atoms with Crippen molar-refractivity contribution < 1.29 is 9.18 Å². The van der Waals surface area contributed by atoms with Crippen LogP contribution in [0.15, 0.2) is 61.1 Å². The van der Waals surface area contributed by atoms with Crippen LogP contribution in [0.5, 0.6) is 0 Å². The molecular weight excluding hydrogens is 343 g/mol. The molecule has 0 saturated heterocycles. The van der Waals surface area contributed by atoms with Crippen LogP contribution >= 0.6 is 11.6 Å². The quantitative estimate of drug-likeness (QED) is 0.721. The first-order valence-corrected chi connectivity index (χ1v) is 7.85. The molecule has 0 fully saturated rings. The second-order valence-corrected chi connectivity index (χ2v) is 5.64. The van der Waals surface area contributed by atoms with E-state index in [1.165, 1.54) is 18.2 Å². The number of aromatic nitrogens is 2. The normalized spacial score (nSPS) is 10.3. The lowest BCUT2D eigenvalue weighted by Crippen LogP contribution is -2.13. The van der Waals surface area contributed by atoms with E-state index in [1.54, 1.807) is 30.7 Å². The van der Waals surface area contributed by atoms with E-state index < -0.39 is 11.7 Å². The minimum Gasteiger partial charge on any atom is -0.380 e.